The average Bonchev–Trinajstić information content (AvgIpc) is 2.68. The summed E-state index contributed by atoms with van der Waals surface area (Å²) in [5, 5.41) is 2.58. The number of hydrogen-bond donors (Lipinski definition) is 1. The largest absolute Gasteiger partial charge is 0.334 e. The van der Waals surface area contributed by atoms with E-state index in [9.17, 15) is 23.6 Å². The summed E-state index contributed by atoms with van der Waals surface area (Å²) in [6.45, 7) is 3.49. The van der Waals surface area contributed by atoms with Gasteiger partial charge in [-0.1, -0.05) is 0 Å². The molecule has 1 aromatic carbocycles. The first kappa shape index (κ1) is 16.1. The number of imide groups is 1. The molecule has 8 heteroatoms. The fourth-order valence-electron chi connectivity index (χ4n) is 2.84. The van der Waals surface area contributed by atoms with Crippen molar-refractivity contribution in [1.29, 1.82) is 0 Å². The lowest BCUT2D eigenvalue weighted by atomic mass is 10.0. The molecule has 24 heavy (non-hydrogen) atoms. The molecule has 126 valence electrons. The molecule has 1 aromatic rings. The van der Waals surface area contributed by atoms with Crippen LogP contribution in [0.3, 0.4) is 0 Å². The van der Waals surface area contributed by atoms with Crippen LogP contribution in [0.25, 0.3) is 0 Å². The molecule has 2 saturated heterocycles. The van der Waals surface area contributed by atoms with Crippen LogP contribution >= 0.6 is 0 Å². The van der Waals surface area contributed by atoms with Gasteiger partial charge in [-0.3, -0.25) is 19.3 Å². The third kappa shape index (κ3) is 2.44. The van der Waals surface area contributed by atoms with Gasteiger partial charge in [0, 0.05) is 18.7 Å². The Hall–Kier alpha value is -2.77. The number of rotatable bonds is 3. The highest BCUT2D eigenvalue weighted by Gasteiger charge is 2.50. The predicted octanol–water partition coefficient (Wildman–Crippen LogP) is 0.793. The van der Waals surface area contributed by atoms with Gasteiger partial charge in [0.15, 0.2) is 0 Å². The van der Waals surface area contributed by atoms with Gasteiger partial charge >= 0.3 is 6.03 Å². The van der Waals surface area contributed by atoms with Crippen LogP contribution < -0.4 is 5.32 Å². The molecular formula is C16H16FN3O4. The third-order valence-electron chi connectivity index (χ3n) is 4.26. The second kappa shape index (κ2) is 5.40. The molecule has 4 amide bonds. The number of halogens is 1. The van der Waals surface area contributed by atoms with Gasteiger partial charge in [-0.05, 0) is 32.0 Å². The van der Waals surface area contributed by atoms with Gasteiger partial charge in [-0.25, -0.2) is 9.18 Å². The lowest BCUT2D eigenvalue weighted by Gasteiger charge is -2.42. The Morgan fingerprint density at radius 2 is 2.00 bits per heavy atom. The van der Waals surface area contributed by atoms with Gasteiger partial charge in [0.2, 0.25) is 0 Å². The number of nitrogens with one attached hydrogen (secondary N) is 1. The van der Waals surface area contributed by atoms with E-state index < -0.39 is 29.3 Å². The van der Waals surface area contributed by atoms with Crippen molar-refractivity contribution in [3.05, 3.63) is 35.1 Å². The molecule has 1 N–H and O–H groups in total. The lowest BCUT2D eigenvalue weighted by molar-refractivity contribution is -0.133. The summed E-state index contributed by atoms with van der Waals surface area (Å²) < 4.78 is 13.8. The Bertz CT molecular complexity index is 756. The van der Waals surface area contributed by atoms with Crippen LogP contribution in [0.1, 0.15) is 34.6 Å². The Morgan fingerprint density at radius 1 is 1.33 bits per heavy atom. The van der Waals surface area contributed by atoms with Crippen LogP contribution in [0, 0.1) is 5.82 Å². The van der Waals surface area contributed by atoms with Crippen molar-refractivity contribution in [3.8, 4) is 0 Å². The molecule has 0 radical (unpaired) electrons. The third-order valence-corrected chi connectivity index (χ3v) is 4.26. The molecule has 2 fully saturated rings. The van der Waals surface area contributed by atoms with Crippen molar-refractivity contribution in [2.75, 3.05) is 13.1 Å². The van der Waals surface area contributed by atoms with Crippen molar-refractivity contribution in [3.63, 3.8) is 0 Å². The van der Waals surface area contributed by atoms with Crippen molar-refractivity contribution in [1.82, 2.24) is 15.1 Å². The normalized spacial score (nSPS) is 20.0. The Morgan fingerprint density at radius 3 is 2.54 bits per heavy atom. The van der Waals surface area contributed by atoms with E-state index in [1.165, 1.54) is 17.0 Å². The number of amides is 4. The summed E-state index contributed by atoms with van der Waals surface area (Å²) >= 11 is 0. The molecule has 0 unspecified atom stereocenters. The molecule has 0 aliphatic carbocycles. The zero-order valence-electron chi connectivity index (χ0n) is 13.2. The molecule has 7 nitrogen and oxygen atoms in total. The summed E-state index contributed by atoms with van der Waals surface area (Å²) in [6.07, 6.45) is 0.532. The van der Waals surface area contributed by atoms with Gasteiger partial charge in [0.25, 0.3) is 11.8 Å². The molecule has 0 bridgehead atoms. The fraction of sp³-hybridized carbons (Fsp3) is 0.375. The molecule has 0 atom stereocenters. The molecule has 0 aromatic heterocycles. The van der Waals surface area contributed by atoms with Crippen molar-refractivity contribution >= 4 is 24.1 Å². The van der Waals surface area contributed by atoms with Crippen molar-refractivity contribution < 1.29 is 23.6 Å². The zero-order chi connectivity index (χ0) is 17.6. The number of urea groups is 1. The number of aldehydes is 1. The van der Waals surface area contributed by atoms with Crippen LogP contribution in [-0.4, -0.2) is 58.6 Å². The van der Waals surface area contributed by atoms with Gasteiger partial charge in [0.05, 0.1) is 11.6 Å². The van der Waals surface area contributed by atoms with E-state index in [1.807, 2.05) is 0 Å². The van der Waals surface area contributed by atoms with E-state index in [1.54, 1.807) is 13.8 Å². The van der Waals surface area contributed by atoms with Crippen LogP contribution in [-0.2, 0) is 4.79 Å². The number of hydrogen-bond acceptors (Lipinski definition) is 4. The van der Waals surface area contributed by atoms with Crippen LogP contribution in [0.2, 0.25) is 0 Å². The summed E-state index contributed by atoms with van der Waals surface area (Å²) in [6, 6.07) is 2.62. The number of carbonyl (C=O) groups excluding carboxylic acids is 4. The summed E-state index contributed by atoms with van der Waals surface area (Å²) in [7, 11) is 0. The Labute approximate surface area is 137 Å². The standard InChI is InChI=1S/C16H16FN3O4/c1-16(2)14(23)20(15(24)18-16)10-6-19(7-10)13(22)11-5-9(8-21)3-4-12(11)17/h3-5,8,10H,6-7H2,1-2H3,(H,18,24). The van der Waals surface area contributed by atoms with Gasteiger partial charge in [-0.15, -0.1) is 0 Å². The van der Waals surface area contributed by atoms with E-state index >= 15 is 0 Å². The summed E-state index contributed by atoms with van der Waals surface area (Å²) in [4.78, 5) is 49.7. The van der Waals surface area contributed by atoms with E-state index in [2.05, 4.69) is 5.32 Å². The molecular weight excluding hydrogens is 317 g/mol. The SMILES string of the molecule is CC1(C)NC(=O)N(C2CN(C(=O)c3cc(C=O)ccc3F)C2)C1=O. The van der Waals surface area contributed by atoms with Gasteiger partial charge in [0.1, 0.15) is 17.6 Å². The topological polar surface area (TPSA) is 86.8 Å². The van der Waals surface area contributed by atoms with E-state index in [-0.39, 0.29) is 30.1 Å². The van der Waals surface area contributed by atoms with Crippen molar-refractivity contribution in [2.45, 2.75) is 25.4 Å². The van der Waals surface area contributed by atoms with E-state index in [0.29, 0.717) is 6.29 Å². The minimum Gasteiger partial charge on any atom is -0.334 e. The zero-order valence-corrected chi connectivity index (χ0v) is 13.2. The fourth-order valence-corrected chi connectivity index (χ4v) is 2.84. The van der Waals surface area contributed by atoms with Gasteiger partial charge in [-0.2, -0.15) is 0 Å². The Kier molecular flexibility index (Phi) is 3.62. The second-order valence-corrected chi connectivity index (χ2v) is 6.45. The van der Waals surface area contributed by atoms with Gasteiger partial charge < -0.3 is 10.2 Å². The van der Waals surface area contributed by atoms with Crippen molar-refractivity contribution in [2.24, 2.45) is 0 Å². The van der Waals surface area contributed by atoms with Crippen LogP contribution in [0.15, 0.2) is 18.2 Å². The highest BCUT2D eigenvalue weighted by atomic mass is 19.1. The lowest BCUT2D eigenvalue weighted by Crippen LogP contribution is -2.62. The quantitative estimate of drug-likeness (QED) is 0.654. The average molecular weight is 333 g/mol. The molecule has 2 aliphatic rings. The Balaban J connectivity index is 1.71. The highest BCUT2D eigenvalue weighted by Crippen LogP contribution is 2.26. The minimum absolute atomic E-state index is 0.138. The van der Waals surface area contributed by atoms with Crippen LogP contribution in [0.4, 0.5) is 9.18 Å². The number of carbonyl (C=O) groups is 4. The maximum Gasteiger partial charge on any atom is 0.325 e. The molecule has 2 aliphatic heterocycles. The van der Waals surface area contributed by atoms with E-state index in [0.717, 1.165) is 11.0 Å². The van der Waals surface area contributed by atoms with E-state index in [4.69, 9.17) is 0 Å². The maximum atomic E-state index is 13.8. The van der Waals surface area contributed by atoms with Crippen LogP contribution in [0.5, 0.6) is 0 Å². The maximum absolute atomic E-state index is 13.8. The number of nitrogens with zero attached hydrogens (tertiary/aromatic N) is 2. The second-order valence-electron chi connectivity index (χ2n) is 6.45. The number of benzene rings is 1. The summed E-state index contributed by atoms with van der Waals surface area (Å²) in [5.74, 6) is -1.64. The smallest absolute Gasteiger partial charge is 0.325 e. The number of likely N-dealkylation sites (tertiary alicyclic amines) is 1. The first-order valence-electron chi connectivity index (χ1n) is 7.44. The summed E-state index contributed by atoms with van der Waals surface area (Å²) in [5.41, 5.74) is -0.963. The minimum atomic E-state index is -0.966. The first-order valence-corrected chi connectivity index (χ1v) is 7.44. The molecule has 3 rings (SSSR count). The predicted molar refractivity (Wildman–Crippen MR) is 80.9 cm³/mol. The molecule has 2 heterocycles. The highest BCUT2D eigenvalue weighted by molar-refractivity contribution is 6.07. The molecule has 0 spiro atoms. The monoisotopic (exact) mass is 333 g/mol. The first-order chi connectivity index (χ1) is 11.2. The molecule has 0 saturated carbocycles.